The second kappa shape index (κ2) is 5.88. The maximum atomic E-state index is 12.1. The van der Waals surface area contributed by atoms with Crippen molar-refractivity contribution in [3.8, 4) is 0 Å². The number of carbonyl (C=O) groups excluding carboxylic acids is 3. The number of hydrogen-bond donors (Lipinski definition) is 1. The minimum absolute atomic E-state index is 0.237. The van der Waals surface area contributed by atoms with Crippen LogP contribution >= 0.6 is 0 Å². The summed E-state index contributed by atoms with van der Waals surface area (Å²) >= 11 is 0. The van der Waals surface area contributed by atoms with Gasteiger partial charge in [0.05, 0.1) is 16.8 Å². The van der Waals surface area contributed by atoms with Crippen LogP contribution in [0.5, 0.6) is 0 Å². The summed E-state index contributed by atoms with van der Waals surface area (Å²) in [5.41, 5.74) is 1.78. The Bertz CT molecular complexity index is 825. The highest BCUT2D eigenvalue weighted by atomic mass is 16.2. The van der Waals surface area contributed by atoms with Gasteiger partial charge in [-0.1, -0.05) is 36.4 Å². The number of amides is 3. The molecule has 3 rings (SSSR count). The molecule has 1 N–H and O–H groups in total. The fourth-order valence-corrected chi connectivity index (χ4v) is 2.42. The Morgan fingerprint density at radius 3 is 2.48 bits per heavy atom. The van der Waals surface area contributed by atoms with E-state index >= 15 is 0 Å². The molecule has 0 radical (unpaired) electrons. The number of nitrogens with one attached hydrogen (secondary N) is 1. The molecular weight excluding hydrogens is 292 g/mol. The maximum Gasteiger partial charge on any atom is 0.263 e. The Hall–Kier alpha value is -3.21. The van der Waals surface area contributed by atoms with Crippen LogP contribution in [0.1, 0.15) is 26.3 Å². The highest BCUT2D eigenvalue weighted by molar-refractivity contribution is 6.24. The SMILES string of the molecule is CN1C(=O)c2cccc(NC(=O)C=Cc3ccccc3)c2C1=O. The zero-order valence-electron chi connectivity index (χ0n) is 12.4. The fourth-order valence-electron chi connectivity index (χ4n) is 2.42. The summed E-state index contributed by atoms with van der Waals surface area (Å²) in [6.07, 6.45) is 3.07. The van der Waals surface area contributed by atoms with Gasteiger partial charge in [0.15, 0.2) is 0 Å². The number of benzene rings is 2. The number of nitrogens with zero attached hydrogens (tertiary/aromatic N) is 1. The Balaban J connectivity index is 1.82. The van der Waals surface area contributed by atoms with Crippen LogP contribution in [0.4, 0.5) is 5.69 Å². The van der Waals surface area contributed by atoms with Crippen molar-refractivity contribution in [3.05, 3.63) is 71.3 Å². The van der Waals surface area contributed by atoms with Crippen molar-refractivity contribution in [2.75, 3.05) is 12.4 Å². The van der Waals surface area contributed by atoms with Crippen molar-refractivity contribution in [1.82, 2.24) is 4.90 Å². The van der Waals surface area contributed by atoms with Crippen molar-refractivity contribution < 1.29 is 14.4 Å². The van der Waals surface area contributed by atoms with E-state index in [9.17, 15) is 14.4 Å². The second-order valence-electron chi connectivity index (χ2n) is 5.13. The predicted octanol–water partition coefficient (Wildman–Crippen LogP) is 2.56. The average molecular weight is 306 g/mol. The Morgan fingerprint density at radius 2 is 1.74 bits per heavy atom. The van der Waals surface area contributed by atoms with Crippen molar-refractivity contribution in [2.24, 2.45) is 0 Å². The van der Waals surface area contributed by atoms with Gasteiger partial charge in [0.25, 0.3) is 11.8 Å². The minimum atomic E-state index is -0.409. The minimum Gasteiger partial charge on any atom is -0.322 e. The first-order chi connectivity index (χ1) is 11.1. The van der Waals surface area contributed by atoms with Gasteiger partial charge in [-0.15, -0.1) is 0 Å². The third kappa shape index (κ3) is 2.76. The van der Waals surface area contributed by atoms with E-state index in [1.165, 1.54) is 13.1 Å². The molecule has 0 saturated carbocycles. The van der Waals surface area contributed by atoms with E-state index in [-0.39, 0.29) is 17.4 Å². The van der Waals surface area contributed by atoms with Crippen LogP contribution in [0.15, 0.2) is 54.6 Å². The molecule has 0 aromatic heterocycles. The molecule has 0 atom stereocenters. The second-order valence-corrected chi connectivity index (χ2v) is 5.13. The molecule has 3 amide bonds. The summed E-state index contributed by atoms with van der Waals surface area (Å²) in [5, 5.41) is 2.66. The smallest absolute Gasteiger partial charge is 0.263 e. The molecule has 114 valence electrons. The van der Waals surface area contributed by atoms with E-state index in [4.69, 9.17) is 0 Å². The lowest BCUT2D eigenvalue weighted by Crippen LogP contribution is -2.24. The van der Waals surface area contributed by atoms with E-state index in [2.05, 4.69) is 5.32 Å². The molecule has 0 spiro atoms. The number of carbonyl (C=O) groups is 3. The molecule has 0 saturated heterocycles. The first-order valence-corrected chi connectivity index (χ1v) is 7.07. The highest BCUT2D eigenvalue weighted by Gasteiger charge is 2.34. The average Bonchev–Trinajstić information content (AvgIpc) is 2.79. The maximum absolute atomic E-state index is 12.1. The van der Waals surface area contributed by atoms with Crippen LogP contribution in [-0.4, -0.2) is 29.7 Å². The molecule has 5 nitrogen and oxygen atoms in total. The van der Waals surface area contributed by atoms with Crippen LogP contribution in [0.2, 0.25) is 0 Å². The summed E-state index contributed by atoms with van der Waals surface area (Å²) < 4.78 is 0. The van der Waals surface area contributed by atoms with E-state index in [0.717, 1.165) is 10.5 Å². The summed E-state index contributed by atoms with van der Waals surface area (Å²) in [6.45, 7) is 0. The number of fused-ring (bicyclic) bond motifs is 1. The van der Waals surface area contributed by atoms with Crippen molar-refractivity contribution in [2.45, 2.75) is 0 Å². The van der Waals surface area contributed by atoms with E-state index in [1.807, 2.05) is 30.3 Å². The van der Waals surface area contributed by atoms with Gasteiger partial charge in [-0.2, -0.15) is 0 Å². The monoisotopic (exact) mass is 306 g/mol. The molecule has 0 unspecified atom stereocenters. The van der Waals surface area contributed by atoms with Crippen molar-refractivity contribution in [3.63, 3.8) is 0 Å². The Kier molecular flexibility index (Phi) is 3.76. The molecule has 0 fully saturated rings. The normalized spacial score (nSPS) is 13.5. The van der Waals surface area contributed by atoms with Crippen LogP contribution in [-0.2, 0) is 4.79 Å². The van der Waals surface area contributed by atoms with Gasteiger partial charge in [-0.05, 0) is 23.8 Å². The van der Waals surface area contributed by atoms with E-state index in [0.29, 0.717) is 11.3 Å². The molecule has 0 aliphatic carbocycles. The van der Waals surface area contributed by atoms with Gasteiger partial charge in [-0.3, -0.25) is 19.3 Å². The van der Waals surface area contributed by atoms with Gasteiger partial charge in [0.1, 0.15) is 0 Å². The fraction of sp³-hybridized carbons (Fsp3) is 0.0556. The first kappa shape index (κ1) is 14.7. The molecule has 23 heavy (non-hydrogen) atoms. The van der Waals surface area contributed by atoms with Crippen LogP contribution in [0.3, 0.4) is 0 Å². The number of rotatable bonds is 3. The zero-order chi connectivity index (χ0) is 16.4. The summed E-state index contributed by atoms with van der Waals surface area (Å²) in [7, 11) is 1.42. The van der Waals surface area contributed by atoms with Crippen molar-refractivity contribution >= 4 is 29.5 Å². The number of imide groups is 1. The van der Waals surface area contributed by atoms with Gasteiger partial charge >= 0.3 is 0 Å². The molecule has 2 aromatic rings. The Labute approximate surface area is 133 Å². The molecule has 5 heteroatoms. The van der Waals surface area contributed by atoms with Gasteiger partial charge in [0.2, 0.25) is 5.91 Å². The highest BCUT2D eigenvalue weighted by Crippen LogP contribution is 2.28. The third-order valence-corrected chi connectivity index (χ3v) is 3.60. The largest absolute Gasteiger partial charge is 0.322 e. The lowest BCUT2D eigenvalue weighted by atomic mass is 10.1. The summed E-state index contributed by atoms with van der Waals surface area (Å²) in [6, 6.07) is 14.2. The topological polar surface area (TPSA) is 66.5 Å². The van der Waals surface area contributed by atoms with Crippen LogP contribution in [0.25, 0.3) is 6.08 Å². The third-order valence-electron chi connectivity index (χ3n) is 3.60. The number of hydrogen-bond acceptors (Lipinski definition) is 3. The zero-order valence-corrected chi connectivity index (χ0v) is 12.4. The first-order valence-electron chi connectivity index (χ1n) is 7.07. The molecule has 1 aliphatic heterocycles. The lowest BCUT2D eigenvalue weighted by Gasteiger charge is -2.07. The quantitative estimate of drug-likeness (QED) is 0.700. The van der Waals surface area contributed by atoms with Crippen LogP contribution in [0, 0.1) is 0 Å². The van der Waals surface area contributed by atoms with Gasteiger partial charge < -0.3 is 5.32 Å². The standard InChI is InChI=1S/C18H14N2O3/c1-20-17(22)13-8-5-9-14(16(13)18(20)23)19-15(21)11-10-12-6-3-2-4-7-12/h2-11H,1H3,(H,19,21). The van der Waals surface area contributed by atoms with Gasteiger partial charge in [-0.25, -0.2) is 0 Å². The lowest BCUT2D eigenvalue weighted by molar-refractivity contribution is -0.111. The molecule has 2 aromatic carbocycles. The molecule has 1 heterocycles. The van der Waals surface area contributed by atoms with Crippen molar-refractivity contribution in [1.29, 1.82) is 0 Å². The van der Waals surface area contributed by atoms with Gasteiger partial charge in [0, 0.05) is 13.1 Å². The van der Waals surface area contributed by atoms with E-state index < -0.39 is 5.91 Å². The molecular formula is C18H14N2O3. The Morgan fingerprint density at radius 1 is 1.00 bits per heavy atom. The molecule has 1 aliphatic rings. The number of anilines is 1. The summed E-state index contributed by atoms with van der Waals surface area (Å²) in [5.74, 6) is -1.13. The molecule has 0 bridgehead atoms. The predicted molar refractivity (Wildman–Crippen MR) is 87.0 cm³/mol. The summed E-state index contributed by atoms with van der Waals surface area (Å²) in [4.78, 5) is 37.1. The van der Waals surface area contributed by atoms with E-state index in [1.54, 1.807) is 24.3 Å². The van der Waals surface area contributed by atoms with Crippen LogP contribution < -0.4 is 5.32 Å².